The lowest BCUT2D eigenvalue weighted by molar-refractivity contribution is -0.113. The quantitative estimate of drug-likeness (QED) is 0.219. The molecule has 3 aromatic heterocycles. The Kier molecular flexibility index (Phi) is 7.39. The molecule has 1 aliphatic rings. The number of ether oxygens (including phenoxy) is 1. The highest BCUT2D eigenvalue weighted by atomic mass is 35.5. The van der Waals surface area contributed by atoms with Crippen molar-refractivity contribution in [3.63, 3.8) is 0 Å². The molecule has 12 heteroatoms. The summed E-state index contributed by atoms with van der Waals surface area (Å²) in [5, 5.41) is 13.6. The molecular weight excluding hydrogens is 589 g/mol. The summed E-state index contributed by atoms with van der Waals surface area (Å²) in [4.78, 5) is 28.7. The molecule has 0 saturated heterocycles. The van der Waals surface area contributed by atoms with Crippen LogP contribution in [0.15, 0.2) is 52.4 Å². The molecule has 0 fully saturated rings. The van der Waals surface area contributed by atoms with Gasteiger partial charge in [0.25, 0.3) is 5.56 Å². The van der Waals surface area contributed by atoms with Crippen molar-refractivity contribution in [1.29, 1.82) is 0 Å². The van der Waals surface area contributed by atoms with Crippen LogP contribution in [0.1, 0.15) is 29.9 Å². The maximum Gasteiger partial charge on any atom is 0.268 e. The van der Waals surface area contributed by atoms with E-state index in [1.54, 1.807) is 22.8 Å². The first-order chi connectivity index (χ1) is 19.2. The molecular formula is C28H25Cl2N5O3S2. The average Bonchev–Trinajstić information content (AvgIpc) is 3.52. The van der Waals surface area contributed by atoms with E-state index in [2.05, 4.69) is 29.4 Å². The average molecular weight is 615 g/mol. The lowest BCUT2D eigenvalue weighted by atomic mass is 9.96. The normalized spacial score (nSPS) is 15.2. The minimum Gasteiger partial charge on any atom is -0.372 e. The maximum atomic E-state index is 14.1. The number of rotatable bonds is 6. The minimum absolute atomic E-state index is 0.0352. The molecule has 1 unspecified atom stereocenters. The Morgan fingerprint density at radius 2 is 1.95 bits per heavy atom. The Morgan fingerprint density at radius 3 is 2.67 bits per heavy atom. The van der Waals surface area contributed by atoms with Crippen molar-refractivity contribution >= 4 is 73.9 Å². The van der Waals surface area contributed by atoms with E-state index in [1.807, 2.05) is 35.6 Å². The number of hydrogen-bond acceptors (Lipinski definition) is 7. The number of carbonyl (C=O) groups excluding carboxylic acids is 1. The standard InChI is InChI=1S/C28H25Cl2N5O3S2/c1-14(2)21-11-18-22(12-38-21)40-26-24(18)25(37)34(17-7-4-15(3)5-8-17)27-32-33-28(35(26)27)39-13-23(36)31-16-6-9-19(29)20(30)10-16/h4-10,14,21H,11-13H2,1-3H3,(H,31,36). The van der Waals surface area contributed by atoms with Crippen molar-refractivity contribution in [2.75, 3.05) is 11.1 Å². The van der Waals surface area contributed by atoms with Crippen molar-refractivity contribution in [3.8, 4) is 5.69 Å². The molecule has 1 N–H and O–H groups in total. The van der Waals surface area contributed by atoms with Crippen LogP contribution >= 0.6 is 46.3 Å². The fourth-order valence-corrected chi connectivity index (χ4v) is 7.12. The maximum absolute atomic E-state index is 14.1. The second-order valence-corrected chi connectivity index (χ2v) is 12.9. The molecule has 8 nitrogen and oxygen atoms in total. The van der Waals surface area contributed by atoms with E-state index >= 15 is 0 Å². The third-order valence-corrected chi connectivity index (χ3v) is 9.77. The second kappa shape index (κ2) is 10.8. The fourth-order valence-electron chi connectivity index (χ4n) is 4.79. The second-order valence-electron chi connectivity index (χ2n) is 10.0. The molecule has 4 heterocycles. The monoisotopic (exact) mass is 613 g/mol. The number of amides is 1. The van der Waals surface area contributed by atoms with Crippen LogP contribution < -0.4 is 10.9 Å². The largest absolute Gasteiger partial charge is 0.372 e. The predicted molar refractivity (Wildman–Crippen MR) is 162 cm³/mol. The van der Waals surface area contributed by atoms with Crippen LogP contribution in [0.25, 0.3) is 21.7 Å². The number of aryl methyl sites for hydroxylation is 1. The van der Waals surface area contributed by atoms with Crippen LogP contribution in [0.4, 0.5) is 5.69 Å². The molecule has 206 valence electrons. The van der Waals surface area contributed by atoms with E-state index in [4.69, 9.17) is 27.9 Å². The summed E-state index contributed by atoms with van der Waals surface area (Å²) in [5.74, 6) is 0.562. The summed E-state index contributed by atoms with van der Waals surface area (Å²) in [5.41, 5.74) is 3.24. The molecule has 0 aliphatic carbocycles. The number of thiophene rings is 1. The van der Waals surface area contributed by atoms with E-state index in [9.17, 15) is 9.59 Å². The van der Waals surface area contributed by atoms with Crippen LogP contribution in [0.5, 0.6) is 0 Å². The highest BCUT2D eigenvalue weighted by Gasteiger charge is 2.30. The highest BCUT2D eigenvalue weighted by Crippen LogP contribution is 2.37. The molecule has 1 aliphatic heterocycles. The molecule has 5 aromatic rings. The first-order valence-corrected chi connectivity index (χ1v) is 15.3. The summed E-state index contributed by atoms with van der Waals surface area (Å²) < 4.78 is 9.63. The van der Waals surface area contributed by atoms with Crippen molar-refractivity contribution in [2.24, 2.45) is 5.92 Å². The van der Waals surface area contributed by atoms with E-state index in [0.717, 1.165) is 20.8 Å². The summed E-state index contributed by atoms with van der Waals surface area (Å²) in [6, 6.07) is 12.7. The van der Waals surface area contributed by atoms with E-state index in [-0.39, 0.29) is 23.3 Å². The van der Waals surface area contributed by atoms with Crippen LogP contribution in [-0.2, 0) is 22.6 Å². The Morgan fingerprint density at radius 1 is 1.18 bits per heavy atom. The SMILES string of the molecule is Cc1ccc(-n2c(=O)c3c4c(sc3n3c(SCC(=O)Nc5ccc(Cl)c(Cl)c5)nnc23)COC(C(C)C)C4)cc1. The molecule has 2 aromatic carbocycles. The summed E-state index contributed by atoms with van der Waals surface area (Å²) in [7, 11) is 0. The molecule has 0 radical (unpaired) electrons. The molecule has 6 rings (SSSR count). The van der Waals surface area contributed by atoms with Gasteiger partial charge in [-0.2, -0.15) is 0 Å². The lowest BCUT2D eigenvalue weighted by Gasteiger charge is -2.26. The topological polar surface area (TPSA) is 90.5 Å². The summed E-state index contributed by atoms with van der Waals surface area (Å²) in [6.45, 7) is 6.72. The first-order valence-electron chi connectivity index (χ1n) is 12.7. The minimum atomic E-state index is -0.234. The number of fused-ring (bicyclic) bond motifs is 5. The Balaban J connectivity index is 1.44. The van der Waals surface area contributed by atoms with Crippen molar-refractivity contribution in [1.82, 2.24) is 19.2 Å². The number of carbonyl (C=O) groups is 1. The summed E-state index contributed by atoms with van der Waals surface area (Å²) in [6.07, 6.45) is 0.700. The first kappa shape index (κ1) is 27.3. The van der Waals surface area contributed by atoms with Gasteiger partial charge in [-0.05, 0) is 48.7 Å². The van der Waals surface area contributed by atoms with Crippen LogP contribution in [0.2, 0.25) is 10.0 Å². The number of aromatic nitrogens is 4. The third-order valence-electron chi connectivity index (χ3n) is 6.91. The van der Waals surface area contributed by atoms with E-state index in [0.29, 0.717) is 56.7 Å². The molecule has 1 amide bonds. The van der Waals surface area contributed by atoms with Gasteiger partial charge >= 0.3 is 0 Å². The van der Waals surface area contributed by atoms with Gasteiger partial charge in [0.15, 0.2) is 5.16 Å². The van der Waals surface area contributed by atoms with Gasteiger partial charge in [0.05, 0.1) is 39.6 Å². The molecule has 1 atom stereocenters. The zero-order valence-corrected chi connectivity index (χ0v) is 25.0. The molecule has 0 saturated carbocycles. The van der Waals surface area contributed by atoms with Gasteiger partial charge in [0, 0.05) is 17.0 Å². The number of thioether (sulfide) groups is 1. The molecule has 0 bridgehead atoms. The zero-order valence-electron chi connectivity index (χ0n) is 21.9. The van der Waals surface area contributed by atoms with Gasteiger partial charge in [0.1, 0.15) is 4.83 Å². The Bertz CT molecular complexity index is 1830. The fraction of sp³-hybridized carbons (Fsp3) is 0.286. The molecule has 0 spiro atoms. The van der Waals surface area contributed by atoms with Crippen molar-refractivity contribution < 1.29 is 9.53 Å². The third kappa shape index (κ3) is 4.92. The Labute approximate surface area is 248 Å². The van der Waals surface area contributed by atoms with Gasteiger partial charge in [-0.25, -0.2) is 8.97 Å². The molecule has 40 heavy (non-hydrogen) atoms. The summed E-state index contributed by atoms with van der Waals surface area (Å²) >= 11 is 14.8. The number of nitrogens with zero attached hydrogens (tertiary/aromatic N) is 4. The highest BCUT2D eigenvalue weighted by molar-refractivity contribution is 7.99. The van der Waals surface area contributed by atoms with E-state index in [1.165, 1.54) is 23.1 Å². The number of nitrogens with one attached hydrogen (secondary N) is 1. The van der Waals surface area contributed by atoms with Gasteiger partial charge in [-0.1, -0.05) is 66.5 Å². The predicted octanol–water partition coefficient (Wildman–Crippen LogP) is 6.54. The number of benzene rings is 2. The lowest BCUT2D eigenvalue weighted by Crippen LogP contribution is -2.28. The number of hydrogen-bond donors (Lipinski definition) is 1. The van der Waals surface area contributed by atoms with Crippen molar-refractivity contribution in [3.05, 3.63) is 78.9 Å². The number of halogens is 2. The zero-order chi connectivity index (χ0) is 28.1. The smallest absolute Gasteiger partial charge is 0.268 e. The van der Waals surface area contributed by atoms with Gasteiger partial charge in [-0.3, -0.25) is 9.59 Å². The van der Waals surface area contributed by atoms with Gasteiger partial charge in [0.2, 0.25) is 11.7 Å². The van der Waals surface area contributed by atoms with Crippen molar-refractivity contribution in [2.45, 2.75) is 45.1 Å². The van der Waals surface area contributed by atoms with Crippen LogP contribution in [0, 0.1) is 12.8 Å². The number of anilines is 1. The van der Waals surface area contributed by atoms with Crippen LogP contribution in [0.3, 0.4) is 0 Å². The van der Waals surface area contributed by atoms with E-state index < -0.39 is 0 Å². The Hall–Kier alpha value is -2.89. The van der Waals surface area contributed by atoms with Gasteiger partial charge < -0.3 is 10.1 Å². The van der Waals surface area contributed by atoms with Crippen LogP contribution in [-0.4, -0.2) is 36.9 Å². The van der Waals surface area contributed by atoms with Gasteiger partial charge in [-0.15, -0.1) is 21.5 Å².